The Labute approximate surface area is 127 Å². The first-order valence-corrected chi connectivity index (χ1v) is 8.48. The highest BCUT2D eigenvalue weighted by molar-refractivity contribution is 7.99. The summed E-state index contributed by atoms with van der Waals surface area (Å²) >= 11 is 1.91. The molecule has 0 aromatic heterocycles. The van der Waals surface area contributed by atoms with Gasteiger partial charge in [-0.2, -0.15) is 5.26 Å². The van der Waals surface area contributed by atoms with Crippen LogP contribution in [-0.2, 0) is 0 Å². The first-order valence-electron chi connectivity index (χ1n) is 7.50. The van der Waals surface area contributed by atoms with Crippen molar-refractivity contribution in [2.75, 3.05) is 5.75 Å². The average Bonchev–Trinajstić information content (AvgIpc) is 3.24. The summed E-state index contributed by atoms with van der Waals surface area (Å²) in [7, 11) is 0. The van der Waals surface area contributed by atoms with Crippen molar-refractivity contribution in [2.24, 2.45) is 0 Å². The molecule has 3 heteroatoms. The molecule has 20 heavy (non-hydrogen) atoms. The van der Waals surface area contributed by atoms with E-state index in [9.17, 15) is 5.26 Å². The monoisotopic (exact) mass is 288 g/mol. The Morgan fingerprint density at radius 3 is 2.60 bits per heavy atom. The van der Waals surface area contributed by atoms with Crippen molar-refractivity contribution in [3.8, 4) is 6.07 Å². The van der Waals surface area contributed by atoms with Crippen LogP contribution in [0.1, 0.15) is 44.6 Å². The van der Waals surface area contributed by atoms with E-state index in [0.29, 0.717) is 6.04 Å². The van der Waals surface area contributed by atoms with E-state index in [-0.39, 0.29) is 5.54 Å². The number of nitrogens with zero attached hydrogens (tertiary/aromatic N) is 1. The first kappa shape index (κ1) is 15.4. The van der Waals surface area contributed by atoms with Crippen LogP contribution in [-0.4, -0.2) is 17.3 Å². The van der Waals surface area contributed by atoms with E-state index in [4.69, 9.17) is 0 Å². The fourth-order valence-corrected chi connectivity index (χ4v) is 3.16. The van der Waals surface area contributed by atoms with Crippen molar-refractivity contribution in [1.29, 1.82) is 5.26 Å². The molecule has 108 valence electrons. The molecule has 1 aliphatic carbocycles. The van der Waals surface area contributed by atoms with Crippen molar-refractivity contribution in [3.05, 3.63) is 29.8 Å². The second-order valence-electron chi connectivity index (χ2n) is 5.98. The summed E-state index contributed by atoms with van der Waals surface area (Å²) < 4.78 is 0. The molecule has 1 aromatic rings. The van der Waals surface area contributed by atoms with Crippen LogP contribution in [0.4, 0.5) is 0 Å². The fourth-order valence-electron chi connectivity index (χ4n) is 2.24. The lowest BCUT2D eigenvalue weighted by molar-refractivity contribution is 0.402. The van der Waals surface area contributed by atoms with Gasteiger partial charge in [-0.1, -0.05) is 17.7 Å². The number of nitrogens with one attached hydrogen (secondary N) is 1. The van der Waals surface area contributed by atoms with E-state index in [1.54, 1.807) is 0 Å². The Hall–Kier alpha value is -0.980. The van der Waals surface area contributed by atoms with E-state index in [1.165, 1.54) is 29.7 Å². The summed E-state index contributed by atoms with van der Waals surface area (Å²) in [5.74, 6) is 1.13. The van der Waals surface area contributed by atoms with Crippen molar-refractivity contribution in [1.82, 2.24) is 5.32 Å². The molecule has 1 aliphatic rings. The van der Waals surface area contributed by atoms with Gasteiger partial charge in [0.15, 0.2) is 0 Å². The predicted molar refractivity (Wildman–Crippen MR) is 85.9 cm³/mol. The Morgan fingerprint density at radius 1 is 1.30 bits per heavy atom. The summed E-state index contributed by atoms with van der Waals surface area (Å²) in [6.45, 7) is 4.16. The van der Waals surface area contributed by atoms with E-state index in [1.807, 2.05) is 18.7 Å². The third-order valence-electron chi connectivity index (χ3n) is 3.71. The summed E-state index contributed by atoms with van der Waals surface area (Å²) in [4.78, 5) is 1.34. The van der Waals surface area contributed by atoms with Crippen LogP contribution < -0.4 is 5.32 Å². The maximum Gasteiger partial charge on any atom is 0.104 e. The molecule has 0 amide bonds. The van der Waals surface area contributed by atoms with E-state index < -0.39 is 0 Å². The molecular weight excluding hydrogens is 264 g/mol. The average molecular weight is 288 g/mol. The van der Waals surface area contributed by atoms with Gasteiger partial charge in [0.2, 0.25) is 0 Å². The van der Waals surface area contributed by atoms with Crippen LogP contribution in [0.5, 0.6) is 0 Å². The van der Waals surface area contributed by atoms with Gasteiger partial charge < -0.3 is 0 Å². The Bertz CT molecular complexity index is 459. The molecule has 0 radical (unpaired) electrons. The predicted octanol–water partition coefficient (Wildman–Crippen LogP) is 4.29. The lowest BCUT2D eigenvalue weighted by Crippen LogP contribution is -2.42. The van der Waals surface area contributed by atoms with Gasteiger partial charge in [-0.3, -0.25) is 5.32 Å². The number of hydrogen-bond donors (Lipinski definition) is 1. The second-order valence-corrected chi connectivity index (χ2v) is 7.15. The third-order valence-corrected chi connectivity index (χ3v) is 4.81. The lowest BCUT2D eigenvalue weighted by Gasteiger charge is -2.23. The molecule has 1 N–H and O–H groups in total. The van der Waals surface area contributed by atoms with Crippen molar-refractivity contribution in [3.63, 3.8) is 0 Å². The molecule has 1 unspecified atom stereocenters. The summed E-state index contributed by atoms with van der Waals surface area (Å²) in [6.07, 6.45) is 5.71. The van der Waals surface area contributed by atoms with Gasteiger partial charge in [0.05, 0.1) is 6.07 Å². The zero-order chi connectivity index (χ0) is 14.4. The normalized spacial score (nSPS) is 17.4. The first-order chi connectivity index (χ1) is 9.61. The molecule has 1 aromatic carbocycles. The minimum atomic E-state index is -0.324. The quantitative estimate of drug-likeness (QED) is 0.572. The van der Waals surface area contributed by atoms with Gasteiger partial charge >= 0.3 is 0 Å². The number of unbranched alkanes of at least 4 members (excludes halogenated alkanes) is 1. The Balaban J connectivity index is 1.63. The molecule has 1 atom stereocenters. The topological polar surface area (TPSA) is 35.8 Å². The highest BCUT2D eigenvalue weighted by Gasteiger charge is 2.31. The smallest absolute Gasteiger partial charge is 0.104 e. The van der Waals surface area contributed by atoms with Gasteiger partial charge in [-0.15, -0.1) is 11.8 Å². The summed E-state index contributed by atoms with van der Waals surface area (Å²) in [5.41, 5.74) is 0.987. The van der Waals surface area contributed by atoms with Crippen LogP contribution in [0.3, 0.4) is 0 Å². The zero-order valence-electron chi connectivity index (χ0n) is 12.5. The molecule has 0 heterocycles. The third kappa shape index (κ3) is 5.19. The molecular formula is C17H24N2S. The van der Waals surface area contributed by atoms with Gasteiger partial charge in [0.25, 0.3) is 0 Å². The van der Waals surface area contributed by atoms with Gasteiger partial charge in [-0.25, -0.2) is 0 Å². The molecule has 1 saturated carbocycles. The van der Waals surface area contributed by atoms with E-state index >= 15 is 0 Å². The highest BCUT2D eigenvalue weighted by Crippen LogP contribution is 2.25. The minimum absolute atomic E-state index is 0.324. The van der Waals surface area contributed by atoms with Crippen molar-refractivity contribution < 1.29 is 0 Å². The highest BCUT2D eigenvalue weighted by atomic mass is 32.2. The molecule has 1 fully saturated rings. The summed E-state index contributed by atoms with van der Waals surface area (Å²) in [6, 6.07) is 11.7. The Morgan fingerprint density at radius 2 is 2.00 bits per heavy atom. The van der Waals surface area contributed by atoms with Crippen molar-refractivity contribution >= 4 is 11.8 Å². The number of benzene rings is 1. The van der Waals surface area contributed by atoms with Crippen LogP contribution in [0.2, 0.25) is 0 Å². The van der Waals surface area contributed by atoms with Crippen LogP contribution in [0, 0.1) is 18.3 Å². The van der Waals surface area contributed by atoms with E-state index in [0.717, 1.165) is 18.6 Å². The summed E-state index contributed by atoms with van der Waals surface area (Å²) in [5, 5.41) is 12.8. The minimum Gasteiger partial charge on any atom is -0.297 e. The van der Waals surface area contributed by atoms with Crippen LogP contribution in [0.25, 0.3) is 0 Å². The van der Waals surface area contributed by atoms with Crippen LogP contribution in [0.15, 0.2) is 29.2 Å². The van der Waals surface area contributed by atoms with Gasteiger partial charge in [0.1, 0.15) is 5.54 Å². The molecule has 2 nitrogen and oxygen atoms in total. The molecule has 0 spiro atoms. The number of aryl methyl sites for hydroxylation is 1. The Kier molecular flexibility index (Phi) is 5.51. The fraction of sp³-hybridized carbons (Fsp3) is 0.588. The second kappa shape index (κ2) is 7.15. The number of hydrogen-bond acceptors (Lipinski definition) is 3. The molecule has 2 rings (SSSR count). The number of nitriles is 1. The van der Waals surface area contributed by atoms with Crippen LogP contribution >= 0.6 is 11.8 Å². The zero-order valence-corrected chi connectivity index (χ0v) is 13.3. The SMILES string of the molecule is Cc1ccc(SCCCCC(C)(C#N)NC2CC2)cc1. The maximum absolute atomic E-state index is 9.30. The van der Waals surface area contributed by atoms with Gasteiger partial charge in [-0.05, 0) is 63.8 Å². The van der Waals surface area contributed by atoms with E-state index in [2.05, 4.69) is 42.6 Å². The lowest BCUT2D eigenvalue weighted by atomic mass is 9.96. The van der Waals surface area contributed by atoms with Crippen molar-refractivity contribution in [2.45, 2.75) is 62.4 Å². The number of rotatable bonds is 8. The number of thioether (sulfide) groups is 1. The van der Waals surface area contributed by atoms with Gasteiger partial charge in [0, 0.05) is 10.9 Å². The molecule has 0 saturated heterocycles. The standard InChI is InChI=1S/C17H24N2S/c1-14-5-9-16(10-6-14)20-12-4-3-11-17(2,13-18)19-15-7-8-15/h5-6,9-10,15,19H,3-4,7-8,11-12H2,1-2H3. The molecule has 0 bridgehead atoms. The largest absolute Gasteiger partial charge is 0.297 e. The molecule has 0 aliphatic heterocycles. The maximum atomic E-state index is 9.30.